The molecule has 1 N–H and O–H groups in total. The molecule has 0 spiro atoms. The van der Waals surface area contributed by atoms with Gasteiger partial charge in [-0.05, 0) is 43.0 Å². The van der Waals surface area contributed by atoms with Crippen LogP contribution in [0.5, 0.6) is 0 Å². The van der Waals surface area contributed by atoms with Crippen LogP contribution >= 0.6 is 0 Å². The van der Waals surface area contributed by atoms with Crippen LogP contribution in [0.3, 0.4) is 0 Å². The average Bonchev–Trinajstić information content (AvgIpc) is 2.41. The third-order valence-electron chi connectivity index (χ3n) is 3.68. The predicted octanol–water partition coefficient (Wildman–Crippen LogP) is 2.20. The van der Waals surface area contributed by atoms with Gasteiger partial charge in [0.15, 0.2) is 0 Å². The second-order valence-electron chi connectivity index (χ2n) is 5.25. The highest BCUT2D eigenvalue weighted by molar-refractivity contribution is 5.68. The molecule has 0 amide bonds. The summed E-state index contributed by atoms with van der Waals surface area (Å²) in [4.78, 5) is 12.7. The van der Waals surface area contributed by atoms with Gasteiger partial charge in [0.2, 0.25) is 0 Å². The molecule has 0 aliphatic carbocycles. The number of carboxylic acids is 1. The number of benzene rings is 1. The van der Waals surface area contributed by atoms with E-state index < -0.39 is 5.97 Å². The largest absolute Gasteiger partial charge is 0.480 e. The highest BCUT2D eigenvalue weighted by Gasteiger charge is 2.20. The number of likely N-dealkylation sites (tertiary alicyclic amines) is 1. The van der Waals surface area contributed by atoms with Crippen LogP contribution in [0.2, 0.25) is 0 Å². The molecule has 1 saturated heterocycles. The summed E-state index contributed by atoms with van der Waals surface area (Å²) in [6, 6.07) is 4.88. The van der Waals surface area contributed by atoms with Crippen LogP contribution in [-0.4, -0.2) is 41.8 Å². The van der Waals surface area contributed by atoms with Crippen LogP contribution in [0, 0.1) is 12.7 Å². The topological polar surface area (TPSA) is 49.8 Å². The van der Waals surface area contributed by atoms with Gasteiger partial charge in [-0.3, -0.25) is 4.90 Å². The predicted molar refractivity (Wildman–Crippen MR) is 73.0 cm³/mol. The Hall–Kier alpha value is -1.46. The van der Waals surface area contributed by atoms with Crippen molar-refractivity contribution in [3.05, 3.63) is 35.1 Å². The quantitative estimate of drug-likeness (QED) is 0.899. The molecule has 0 aromatic heterocycles. The Morgan fingerprint density at radius 2 is 2.15 bits per heavy atom. The van der Waals surface area contributed by atoms with Crippen LogP contribution in [0.15, 0.2) is 18.2 Å². The molecular formula is C15H20FNO3. The third-order valence-corrected chi connectivity index (χ3v) is 3.68. The molecule has 1 fully saturated rings. The van der Waals surface area contributed by atoms with Gasteiger partial charge in [0.05, 0.1) is 6.10 Å². The first-order valence-electron chi connectivity index (χ1n) is 6.85. The van der Waals surface area contributed by atoms with Crippen LogP contribution in [0.25, 0.3) is 0 Å². The molecule has 5 heteroatoms. The molecule has 4 nitrogen and oxygen atoms in total. The minimum absolute atomic E-state index is 0.0386. The smallest absolute Gasteiger partial charge is 0.329 e. The first-order valence-corrected chi connectivity index (χ1v) is 6.85. The molecule has 1 aromatic rings. The Morgan fingerprint density at radius 3 is 2.75 bits per heavy atom. The number of ether oxygens (including phenoxy) is 1. The number of carbonyl (C=O) groups is 1. The molecule has 1 aliphatic heterocycles. The fourth-order valence-electron chi connectivity index (χ4n) is 2.50. The monoisotopic (exact) mass is 281 g/mol. The molecule has 1 aliphatic rings. The summed E-state index contributed by atoms with van der Waals surface area (Å²) in [5, 5.41) is 8.58. The third kappa shape index (κ3) is 4.28. The van der Waals surface area contributed by atoms with Crippen molar-refractivity contribution in [2.45, 2.75) is 32.4 Å². The lowest BCUT2D eigenvalue weighted by Gasteiger charge is -2.31. The Labute approximate surface area is 118 Å². The maximum Gasteiger partial charge on any atom is 0.329 e. The van der Waals surface area contributed by atoms with Crippen molar-refractivity contribution in [2.75, 3.05) is 19.7 Å². The van der Waals surface area contributed by atoms with Crippen molar-refractivity contribution in [3.8, 4) is 0 Å². The van der Waals surface area contributed by atoms with E-state index in [1.165, 1.54) is 6.07 Å². The zero-order valence-corrected chi connectivity index (χ0v) is 11.6. The van der Waals surface area contributed by atoms with Gasteiger partial charge in [-0.25, -0.2) is 9.18 Å². The first kappa shape index (κ1) is 14.9. The maximum atomic E-state index is 13.0. The molecule has 0 unspecified atom stereocenters. The van der Waals surface area contributed by atoms with E-state index in [1.54, 1.807) is 6.07 Å². The molecule has 1 aromatic carbocycles. The van der Waals surface area contributed by atoms with Gasteiger partial charge in [0.25, 0.3) is 0 Å². The molecule has 110 valence electrons. The highest BCUT2D eigenvalue weighted by Crippen LogP contribution is 2.18. The number of nitrogens with zero attached hydrogens (tertiary/aromatic N) is 1. The van der Waals surface area contributed by atoms with Gasteiger partial charge < -0.3 is 9.84 Å². The van der Waals surface area contributed by atoms with E-state index in [4.69, 9.17) is 9.84 Å². The molecule has 0 radical (unpaired) electrons. The molecule has 0 saturated carbocycles. The Kier molecular flexibility index (Phi) is 5.09. The summed E-state index contributed by atoms with van der Waals surface area (Å²) in [5.41, 5.74) is 2.10. The number of piperidine rings is 1. The molecule has 0 atom stereocenters. The number of carboxylic acid groups (broad SMARTS) is 1. The summed E-state index contributed by atoms with van der Waals surface area (Å²) in [6.07, 6.45) is 1.72. The first-order chi connectivity index (χ1) is 9.54. The number of aliphatic carboxylic acids is 1. The Balaban J connectivity index is 1.80. The summed E-state index contributed by atoms with van der Waals surface area (Å²) >= 11 is 0. The molecular weight excluding hydrogens is 261 g/mol. The molecule has 1 heterocycles. The van der Waals surface area contributed by atoms with Gasteiger partial charge in [0, 0.05) is 19.6 Å². The van der Waals surface area contributed by atoms with E-state index in [0.29, 0.717) is 0 Å². The van der Waals surface area contributed by atoms with Crippen molar-refractivity contribution >= 4 is 5.97 Å². The van der Waals surface area contributed by atoms with Gasteiger partial charge in [-0.15, -0.1) is 0 Å². The normalized spacial score (nSPS) is 17.3. The number of aryl methyl sites for hydroxylation is 1. The van der Waals surface area contributed by atoms with E-state index in [2.05, 4.69) is 4.90 Å². The van der Waals surface area contributed by atoms with Crippen LogP contribution in [0.1, 0.15) is 24.0 Å². The Bertz CT molecular complexity index is 470. The number of hydrogen-bond acceptors (Lipinski definition) is 3. The lowest BCUT2D eigenvalue weighted by molar-refractivity contribution is -0.145. The second kappa shape index (κ2) is 6.81. The minimum Gasteiger partial charge on any atom is -0.480 e. The summed E-state index contributed by atoms with van der Waals surface area (Å²) < 4.78 is 18.4. The number of hydrogen-bond donors (Lipinski definition) is 1. The summed E-state index contributed by atoms with van der Waals surface area (Å²) in [6.45, 7) is 4.25. The van der Waals surface area contributed by atoms with Crippen LogP contribution < -0.4 is 0 Å². The zero-order valence-electron chi connectivity index (χ0n) is 11.6. The number of rotatable bonds is 5. The van der Waals surface area contributed by atoms with Gasteiger partial charge >= 0.3 is 5.97 Å². The fraction of sp³-hybridized carbons (Fsp3) is 0.533. The average molecular weight is 281 g/mol. The second-order valence-corrected chi connectivity index (χ2v) is 5.25. The number of halogens is 1. The SMILES string of the molecule is Cc1cc(F)ccc1CN1CCC(OCC(=O)O)CC1. The van der Waals surface area contributed by atoms with Gasteiger partial charge in [-0.2, -0.15) is 0 Å². The summed E-state index contributed by atoms with van der Waals surface area (Å²) in [7, 11) is 0. The van der Waals surface area contributed by atoms with Crippen LogP contribution in [-0.2, 0) is 16.1 Å². The van der Waals surface area contributed by atoms with E-state index in [0.717, 1.165) is 43.6 Å². The lowest BCUT2D eigenvalue weighted by Crippen LogP contribution is -2.37. The van der Waals surface area contributed by atoms with Crippen molar-refractivity contribution in [1.82, 2.24) is 4.90 Å². The van der Waals surface area contributed by atoms with Crippen molar-refractivity contribution in [3.63, 3.8) is 0 Å². The standard InChI is InChI=1S/C15H20FNO3/c1-11-8-13(16)3-2-12(11)9-17-6-4-14(5-7-17)20-10-15(18)19/h2-3,8,14H,4-7,9-10H2,1H3,(H,18,19). The maximum absolute atomic E-state index is 13.0. The highest BCUT2D eigenvalue weighted by atomic mass is 19.1. The van der Waals surface area contributed by atoms with E-state index in [-0.39, 0.29) is 18.5 Å². The van der Waals surface area contributed by atoms with Crippen molar-refractivity contribution in [1.29, 1.82) is 0 Å². The minimum atomic E-state index is -0.922. The van der Waals surface area contributed by atoms with Crippen LogP contribution in [0.4, 0.5) is 4.39 Å². The Morgan fingerprint density at radius 1 is 1.45 bits per heavy atom. The summed E-state index contributed by atoms with van der Waals surface area (Å²) in [5.74, 6) is -1.12. The molecule has 20 heavy (non-hydrogen) atoms. The molecule has 0 bridgehead atoms. The molecule has 2 rings (SSSR count). The van der Waals surface area contributed by atoms with Gasteiger partial charge in [-0.1, -0.05) is 6.07 Å². The zero-order chi connectivity index (χ0) is 14.5. The van der Waals surface area contributed by atoms with E-state index in [9.17, 15) is 9.18 Å². The fourth-order valence-corrected chi connectivity index (χ4v) is 2.50. The van der Waals surface area contributed by atoms with E-state index in [1.807, 2.05) is 13.0 Å². The lowest BCUT2D eigenvalue weighted by atomic mass is 10.0. The van der Waals surface area contributed by atoms with Crippen molar-refractivity contribution < 1.29 is 19.0 Å². The van der Waals surface area contributed by atoms with Gasteiger partial charge in [0.1, 0.15) is 12.4 Å². The van der Waals surface area contributed by atoms with E-state index >= 15 is 0 Å². The van der Waals surface area contributed by atoms with Crippen molar-refractivity contribution in [2.24, 2.45) is 0 Å².